The predicted octanol–water partition coefficient (Wildman–Crippen LogP) is 1.89. The number of fused-ring (bicyclic) bond motifs is 1. The summed E-state index contributed by atoms with van der Waals surface area (Å²) in [4.78, 5) is 4.78. The van der Waals surface area contributed by atoms with Gasteiger partial charge in [0.25, 0.3) is 0 Å². The summed E-state index contributed by atoms with van der Waals surface area (Å²) >= 11 is 0. The molecule has 0 bridgehead atoms. The first-order chi connectivity index (χ1) is 10.7. The lowest BCUT2D eigenvalue weighted by atomic mass is 9.80. The second kappa shape index (κ2) is 4.19. The van der Waals surface area contributed by atoms with Gasteiger partial charge in [-0.15, -0.1) is 0 Å². The molecule has 0 amide bonds. The van der Waals surface area contributed by atoms with Gasteiger partial charge in [0.2, 0.25) is 0 Å². The molecule has 3 fully saturated rings. The van der Waals surface area contributed by atoms with Gasteiger partial charge in [-0.3, -0.25) is 9.80 Å². The van der Waals surface area contributed by atoms with Crippen molar-refractivity contribution in [2.45, 2.75) is 17.2 Å². The Morgan fingerprint density at radius 3 is 1.64 bits per heavy atom. The number of β-amino-alcohol motifs (C(OH)–C–C–N with tert-alkyl or cyclic N) is 1. The van der Waals surface area contributed by atoms with Crippen LogP contribution in [0.2, 0.25) is 0 Å². The van der Waals surface area contributed by atoms with Crippen molar-refractivity contribution < 1.29 is 5.11 Å². The van der Waals surface area contributed by atoms with Gasteiger partial charge in [-0.2, -0.15) is 0 Å². The maximum atomic E-state index is 10.9. The van der Waals surface area contributed by atoms with Crippen molar-refractivity contribution in [1.29, 1.82) is 0 Å². The summed E-state index contributed by atoms with van der Waals surface area (Å²) < 4.78 is 0. The zero-order valence-corrected chi connectivity index (χ0v) is 12.5. The maximum Gasteiger partial charge on any atom is 0.111 e. The molecule has 0 spiro atoms. The molecule has 2 aromatic carbocycles. The highest BCUT2D eigenvalue weighted by atomic mass is 16.3. The van der Waals surface area contributed by atoms with E-state index in [2.05, 4.69) is 70.5 Å². The zero-order valence-electron chi connectivity index (χ0n) is 12.5. The van der Waals surface area contributed by atoms with Crippen LogP contribution >= 0.6 is 0 Å². The highest BCUT2D eigenvalue weighted by molar-refractivity contribution is 5.39. The minimum Gasteiger partial charge on any atom is -0.385 e. The van der Waals surface area contributed by atoms with Gasteiger partial charge < -0.3 is 5.11 Å². The molecule has 0 aromatic heterocycles. The van der Waals surface area contributed by atoms with Crippen molar-refractivity contribution in [3.05, 3.63) is 71.8 Å². The Balaban J connectivity index is 1.45. The average Bonchev–Trinajstić information content (AvgIpc) is 3.38. The summed E-state index contributed by atoms with van der Waals surface area (Å²) in [6.07, 6.45) is 0. The molecule has 0 aliphatic carbocycles. The molecule has 0 atom stereocenters. The number of nitrogens with zero attached hydrogens (tertiary/aromatic N) is 2. The van der Waals surface area contributed by atoms with E-state index in [1.807, 2.05) is 0 Å². The van der Waals surface area contributed by atoms with Crippen LogP contribution < -0.4 is 0 Å². The summed E-state index contributed by atoms with van der Waals surface area (Å²) in [7, 11) is 0. The first-order valence-electron chi connectivity index (χ1n) is 8.03. The largest absolute Gasteiger partial charge is 0.385 e. The van der Waals surface area contributed by atoms with Crippen molar-refractivity contribution in [3.63, 3.8) is 0 Å². The van der Waals surface area contributed by atoms with E-state index >= 15 is 0 Å². The lowest BCUT2D eigenvalue weighted by molar-refractivity contribution is -0.120. The zero-order chi connectivity index (χ0) is 14.8. The van der Waals surface area contributed by atoms with E-state index in [0.29, 0.717) is 0 Å². The molecule has 0 unspecified atom stereocenters. The number of hydrogen-bond donors (Lipinski definition) is 1. The van der Waals surface area contributed by atoms with E-state index in [4.69, 9.17) is 0 Å². The monoisotopic (exact) mass is 292 g/mol. The third-order valence-corrected chi connectivity index (χ3v) is 5.69. The van der Waals surface area contributed by atoms with E-state index in [0.717, 1.165) is 26.2 Å². The van der Waals surface area contributed by atoms with Crippen LogP contribution in [0.4, 0.5) is 0 Å². The van der Waals surface area contributed by atoms with Crippen molar-refractivity contribution >= 4 is 0 Å². The molecular weight excluding hydrogens is 272 g/mol. The Labute approximate surface area is 130 Å². The average molecular weight is 292 g/mol. The topological polar surface area (TPSA) is 26.5 Å². The molecule has 3 heteroatoms. The SMILES string of the molecule is OC1(C23CN2C3)CN(C(c2ccccc2)c2ccccc2)C1. The minimum atomic E-state index is -0.491. The van der Waals surface area contributed by atoms with Crippen LogP contribution in [0.25, 0.3) is 0 Å². The van der Waals surface area contributed by atoms with Crippen LogP contribution in [0, 0.1) is 0 Å². The van der Waals surface area contributed by atoms with E-state index in [-0.39, 0.29) is 11.6 Å². The van der Waals surface area contributed by atoms with Crippen LogP contribution in [0.15, 0.2) is 60.7 Å². The van der Waals surface area contributed by atoms with E-state index in [9.17, 15) is 5.11 Å². The molecule has 0 saturated carbocycles. The molecule has 1 N–H and O–H groups in total. The number of rotatable bonds is 4. The first-order valence-corrected chi connectivity index (χ1v) is 8.03. The van der Waals surface area contributed by atoms with Crippen LogP contribution in [-0.2, 0) is 0 Å². The Hall–Kier alpha value is -1.68. The number of hydrogen-bond acceptors (Lipinski definition) is 3. The van der Waals surface area contributed by atoms with Crippen molar-refractivity contribution in [2.24, 2.45) is 0 Å². The summed E-state index contributed by atoms with van der Waals surface area (Å²) in [6, 6.07) is 21.5. The minimum absolute atomic E-state index is 0.154. The van der Waals surface area contributed by atoms with Crippen molar-refractivity contribution in [2.75, 3.05) is 26.2 Å². The Morgan fingerprint density at radius 2 is 1.23 bits per heavy atom. The fourth-order valence-electron chi connectivity index (χ4n) is 4.09. The lowest BCUT2D eigenvalue weighted by Crippen LogP contribution is -2.68. The summed E-state index contributed by atoms with van der Waals surface area (Å²) in [6.45, 7) is 3.74. The second-order valence-electron chi connectivity index (χ2n) is 7.05. The molecule has 0 radical (unpaired) electrons. The van der Waals surface area contributed by atoms with Gasteiger partial charge >= 0.3 is 0 Å². The quantitative estimate of drug-likeness (QED) is 0.872. The Bertz CT molecular complexity index is 648. The van der Waals surface area contributed by atoms with Crippen LogP contribution in [-0.4, -0.2) is 52.2 Å². The third-order valence-electron chi connectivity index (χ3n) is 5.69. The molecule has 3 aliphatic rings. The fourth-order valence-corrected chi connectivity index (χ4v) is 4.09. The van der Waals surface area contributed by atoms with E-state index < -0.39 is 5.60 Å². The highest BCUT2D eigenvalue weighted by Gasteiger charge is 2.80. The van der Waals surface area contributed by atoms with Crippen molar-refractivity contribution in [1.82, 2.24) is 9.80 Å². The molecule has 5 rings (SSSR count). The molecule has 112 valence electrons. The lowest BCUT2D eigenvalue weighted by Gasteiger charge is -2.51. The summed E-state index contributed by atoms with van der Waals surface area (Å²) in [5, 5.41) is 10.9. The van der Waals surface area contributed by atoms with Gasteiger partial charge in [0.05, 0.1) is 11.6 Å². The summed E-state index contributed by atoms with van der Waals surface area (Å²) in [5.41, 5.74) is 2.27. The van der Waals surface area contributed by atoms with Gasteiger partial charge in [-0.1, -0.05) is 60.7 Å². The molecular formula is C19H20N2O. The Kier molecular flexibility index (Phi) is 2.44. The van der Waals surface area contributed by atoms with Gasteiger partial charge in [0, 0.05) is 26.2 Å². The first kappa shape index (κ1) is 12.8. The number of benzene rings is 2. The van der Waals surface area contributed by atoms with E-state index in [1.54, 1.807) is 0 Å². The van der Waals surface area contributed by atoms with Crippen LogP contribution in [0.5, 0.6) is 0 Å². The standard InChI is InChI=1S/C19H20N2O/c22-19(18-11-21(18)12-18)13-20(14-19)17(15-7-3-1-4-8-15)16-9-5-2-6-10-16/h1-10,17,22H,11-14H2. The number of likely N-dealkylation sites (tertiary alicyclic amines) is 1. The molecule has 3 aliphatic heterocycles. The summed E-state index contributed by atoms with van der Waals surface area (Å²) in [5.74, 6) is 0. The van der Waals surface area contributed by atoms with Crippen LogP contribution in [0.1, 0.15) is 17.2 Å². The van der Waals surface area contributed by atoms with Gasteiger partial charge in [0.1, 0.15) is 5.60 Å². The fraction of sp³-hybridized carbons (Fsp3) is 0.368. The molecule has 3 heterocycles. The van der Waals surface area contributed by atoms with Gasteiger partial charge in [-0.05, 0) is 11.1 Å². The third kappa shape index (κ3) is 1.67. The number of aliphatic hydroxyl groups is 1. The Morgan fingerprint density at radius 1 is 0.773 bits per heavy atom. The van der Waals surface area contributed by atoms with Crippen LogP contribution in [0.3, 0.4) is 0 Å². The highest BCUT2D eigenvalue weighted by Crippen LogP contribution is 2.59. The maximum absolute atomic E-state index is 10.9. The predicted molar refractivity (Wildman–Crippen MR) is 85.6 cm³/mol. The molecule has 2 aromatic rings. The van der Waals surface area contributed by atoms with Gasteiger partial charge in [-0.25, -0.2) is 0 Å². The molecule has 3 saturated heterocycles. The van der Waals surface area contributed by atoms with E-state index in [1.165, 1.54) is 11.1 Å². The second-order valence-corrected chi connectivity index (χ2v) is 7.05. The van der Waals surface area contributed by atoms with Crippen molar-refractivity contribution in [3.8, 4) is 0 Å². The molecule has 22 heavy (non-hydrogen) atoms. The normalized spacial score (nSPS) is 31.5. The van der Waals surface area contributed by atoms with Gasteiger partial charge in [0.15, 0.2) is 0 Å². The smallest absolute Gasteiger partial charge is 0.111 e. The molecule has 3 nitrogen and oxygen atoms in total.